The minimum atomic E-state index is -4.96. The van der Waals surface area contributed by atoms with E-state index >= 15 is 4.39 Å². The van der Waals surface area contributed by atoms with E-state index in [4.69, 9.17) is 0 Å². The highest BCUT2D eigenvalue weighted by atomic mass is 19.4. The molecule has 0 radical (unpaired) electrons. The predicted octanol–water partition coefficient (Wildman–Crippen LogP) is 5.37. The summed E-state index contributed by atoms with van der Waals surface area (Å²) in [6, 6.07) is 4.68. The zero-order valence-electron chi connectivity index (χ0n) is 25.2. The number of rotatable bonds is 7. The van der Waals surface area contributed by atoms with Crippen molar-refractivity contribution in [2.24, 2.45) is 5.92 Å². The molecule has 2 aliphatic heterocycles. The molecule has 1 aromatic heterocycles. The zero-order chi connectivity index (χ0) is 31.9. The lowest BCUT2D eigenvalue weighted by Gasteiger charge is -2.39. The van der Waals surface area contributed by atoms with Gasteiger partial charge in [-0.2, -0.15) is 13.2 Å². The van der Waals surface area contributed by atoms with Gasteiger partial charge in [0.1, 0.15) is 11.6 Å². The molecule has 3 aliphatic rings. The fourth-order valence-corrected chi connectivity index (χ4v) is 5.97. The van der Waals surface area contributed by atoms with Gasteiger partial charge in [0.15, 0.2) is 0 Å². The molecule has 0 unspecified atom stereocenters. The Morgan fingerprint density at radius 2 is 1.64 bits per heavy atom. The largest absolute Gasteiger partial charge is 0.417 e. The Kier molecular flexibility index (Phi) is 8.66. The predicted molar refractivity (Wildman–Crippen MR) is 162 cm³/mol. The van der Waals surface area contributed by atoms with E-state index in [-0.39, 0.29) is 17.3 Å². The first-order valence-electron chi connectivity index (χ1n) is 15.2. The molecular formula is C32H36F5N7O. The molecule has 1 aliphatic carbocycles. The molecule has 3 heterocycles. The Morgan fingerprint density at radius 1 is 0.956 bits per heavy atom. The number of hydrogen-bond acceptors (Lipinski definition) is 7. The van der Waals surface area contributed by atoms with Gasteiger partial charge < -0.3 is 20.0 Å². The van der Waals surface area contributed by atoms with Crippen molar-refractivity contribution < 1.29 is 26.7 Å². The third-order valence-electron chi connectivity index (χ3n) is 8.98. The summed E-state index contributed by atoms with van der Waals surface area (Å²) in [6.45, 7) is 8.26. The molecule has 45 heavy (non-hydrogen) atoms. The summed E-state index contributed by atoms with van der Waals surface area (Å²) in [5.41, 5.74) is -1.22. The Bertz CT molecular complexity index is 1540. The van der Waals surface area contributed by atoms with Crippen LogP contribution in [-0.2, 0) is 6.18 Å². The fraction of sp³-hybridized carbons (Fsp3) is 0.469. The second-order valence-electron chi connectivity index (χ2n) is 12.3. The minimum absolute atomic E-state index is 0.0900. The van der Waals surface area contributed by atoms with Crippen molar-refractivity contribution in [3.05, 3.63) is 65.5 Å². The van der Waals surface area contributed by atoms with Crippen LogP contribution in [0.3, 0.4) is 0 Å². The Balaban J connectivity index is 1.29. The maximum absolute atomic E-state index is 15.8. The van der Waals surface area contributed by atoms with Crippen molar-refractivity contribution in [1.29, 1.82) is 0 Å². The van der Waals surface area contributed by atoms with Gasteiger partial charge in [0.05, 0.1) is 22.5 Å². The van der Waals surface area contributed by atoms with E-state index in [1.807, 2.05) is 18.9 Å². The monoisotopic (exact) mass is 629 g/mol. The number of carbonyl (C=O) groups is 1. The molecule has 3 fully saturated rings. The van der Waals surface area contributed by atoms with Crippen LogP contribution in [0.15, 0.2) is 42.7 Å². The van der Waals surface area contributed by atoms with Crippen molar-refractivity contribution >= 4 is 23.2 Å². The van der Waals surface area contributed by atoms with E-state index in [0.29, 0.717) is 42.9 Å². The molecule has 0 spiro atoms. The first-order valence-corrected chi connectivity index (χ1v) is 15.2. The van der Waals surface area contributed by atoms with Crippen LogP contribution in [0.5, 0.6) is 0 Å². The molecule has 3 aromatic rings. The van der Waals surface area contributed by atoms with Gasteiger partial charge in [-0.1, -0.05) is 0 Å². The van der Waals surface area contributed by atoms with Crippen LogP contribution >= 0.6 is 0 Å². The van der Waals surface area contributed by atoms with Crippen molar-refractivity contribution in [1.82, 2.24) is 19.8 Å². The highest BCUT2D eigenvalue weighted by Gasteiger charge is 2.36. The van der Waals surface area contributed by atoms with E-state index in [2.05, 4.69) is 30.0 Å². The Morgan fingerprint density at radius 3 is 2.29 bits per heavy atom. The first kappa shape index (κ1) is 31.2. The Hall–Kier alpha value is -3.84. The molecular weight excluding hydrogens is 593 g/mol. The lowest BCUT2D eigenvalue weighted by atomic mass is 10.0. The van der Waals surface area contributed by atoms with Crippen molar-refractivity contribution in [2.45, 2.75) is 32.0 Å². The fourth-order valence-electron chi connectivity index (χ4n) is 5.97. The van der Waals surface area contributed by atoms with E-state index in [0.717, 1.165) is 50.8 Å². The standard InChI is InChI=1S/C32H36F5N7O/c1-20-18-44(10-7-41(20)2)29-15-27(34)25(14-28(29)40-30(45)24-6-5-23(33)13-26(24)32(35,36)37)22-16-38-31(39-17-22)43-11-8-42(9-12-43)19-21-3-4-21/h5-6,13-17,20-21H,3-4,7-12,18-19H2,1-2H3,(H,40,45)/t20-/m0/s1. The third-order valence-corrected chi connectivity index (χ3v) is 8.98. The molecule has 2 saturated heterocycles. The highest BCUT2D eigenvalue weighted by molar-refractivity contribution is 6.07. The van der Waals surface area contributed by atoms with Gasteiger partial charge in [-0.05, 0) is 63.1 Å². The summed E-state index contributed by atoms with van der Waals surface area (Å²) in [4.78, 5) is 30.9. The number of nitrogens with one attached hydrogen (secondary N) is 1. The molecule has 0 bridgehead atoms. The number of halogens is 5. The molecule has 1 amide bonds. The summed E-state index contributed by atoms with van der Waals surface area (Å²) < 4.78 is 70.7. The van der Waals surface area contributed by atoms with Gasteiger partial charge >= 0.3 is 6.18 Å². The minimum Gasteiger partial charge on any atom is -0.367 e. The number of alkyl halides is 3. The molecule has 2 aromatic carbocycles. The van der Waals surface area contributed by atoms with Gasteiger partial charge in [-0.15, -0.1) is 0 Å². The molecule has 240 valence electrons. The number of hydrogen-bond donors (Lipinski definition) is 1. The van der Waals surface area contributed by atoms with Crippen molar-refractivity contribution in [2.75, 3.05) is 74.5 Å². The van der Waals surface area contributed by atoms with Crippen LogP contribution in [0.4, 0.5) is 39.3 Å². The number of amides is 1. The topological polar surface area (TPSA) is 67.8 Å². The van der Waals surface area contributed by atoms with Crippen LogP contribution in [0.25, 0.3) is 11.1 Å². The lowest BCUT2D eigenvalue weighted by Crippen LogP contribution is -2.50. The number of piperazine rings is 2. The second-order valence-corrected chi connectivity index (χ2v) is 12.3. The van der Waals surface area contributed by atoms with E-state index in [1.54, 1.807) is 0 Å². The summed E-state index contributed by atoms with van der Waals surface area (Å²) in [7, 11) is 1.97. The van der Waals surface area contributed by atoms with Gasteiger partial charge in [-0.3, -0.25) is 9.69 Å². The first-order chi connectivity index (χ1) is 21.5. The number of benzene rings is 2. The van der Waals surface area contributed by atoms with E-state index < -0.39 is 34.8 Å². The van der Waals surface area contributed by atoms with Crippen LogP contribution in [0, 0.1) is 17.6 Å². The number of anilines is 3. The van der Waals surface area contributed by atoms with Gasteiger partial charge in [0.2, 0.25) is 5.95 Å². The molecule has 1 saturated carbocycles. The number of likely N-dealkylation sites (N-methyl/N-ethyl adjacent to an activating group) is 1. The van der Waals surface area contributed by atoms with Crippen LogP contribution in [0.1, 0.15) is 35.7 Å². The van der Waals surface area contributed by atoms with Crippen LogP contribution < -0.4 is 15.1 Å². The lowest BCUT2D eigenvalue weighted by molar-refractivity contribution is -0.138. The molecule has 1 N–H and O–H groups in total. The highest BCUT2D eigenvalue weighted by Crippen LogP contribution is 2.37. The van der Waals surface area contributed by atoms with Crippen LogP contribution in [-0.4, -0.2) is 91.1 Å². The quantitative estimate of drug-likeness (QED) is 0.353. The maximum atomic E-state index is 15.8. The second kappa shape index (κ2) is 12.5. The van der Waals surface area contributed by atoms with Crippen LogP contribution in [0.2, 0.25) is 0 Å². The van der Waals surface area contributed by atoms with Gasteiger partial charge in [0, 0.05) is 81.9 Å². The zero-order valence-corrected chi connectivity index (χ0v) is 25.2. The number of nitrogens with zero attached hydrogens (tertiary/aromatic N) is 6. The van der Waals surface area contributed by atoms with E-state index in [9.17, 15) is 22.4 Å². The summed E-state index contributed by atoms with van der Waals surface area (Å²) in [5, 5.41) is 2.57. The molecule has 13 heteroatoms. The molecule has 6 rings (SSSR count). The Labute approximate surface area is 258 Å². The smallest absolute Gasteiger partial charge is 0.367 e. The third kappa shape index (κ3) is 7.04. The van der Waals surface area contributed by atoms with Crippen molar-refractivity contribution in [3.63, 3.8) is 0 Å². The average Bonchev–Trinajstić information content (AvgIpc) is 3.83. The van der Waals surface area contributed by atoms with Gasteiger partial charge in [0.25, 0.3) is 5.91 Å². The van der Waals surface area contributed by atoms with Crippen molar-refractivity contribution in [3.8, 4) is 11.1 Å². The number of aromatic nitrogens is 2. The molecule has 8 nitrogen and oxygen atoms in total. The van der Waals surface area contributed by atoms with Gasteiger partial charge in [-0.25, -0.2) is 18.7 Å². The van der Waals surface area contributed by atoms with E-state index in [1.165, 1.54) is 37.4 Å². The SMILES string of the molecule is C[C@H]1CN(c2cc(F)c(-c3cnc(N4CCN(CC5CC5)CC4)nc3)cc2NC(=O)c2ccc(F)cc2C(F)(F)F)CCN1C. The normalized spacial score (nSPS) is 20.0. The number of carbonyl (C=O) groups excluding carboxylic acids is 1. The maximum Gasteiger partial charge on any atom is 0.417 e. The summed E-state index contributed by atoms with van der Waals surface area (Å²) in [5.74, 6) is -1.42. The average molecular weight is 630 g/mol. The molecule has 1 atom stereocenters. The summed E-state index contributed by atoms with van der Waals surface area (Å²) in [6.07, 6.45) is 0.692. The summed E-state index contributed by atoms with van der Waals surface area (Å²) >= 11 is 0.